The molecule has 0 aliphatic rings. The zero-order valence-corrected chi connectivity index (χ0v) is 22.5. The maximum Gasteiger partial charge on any atom is 0.326 e. The summed E-state index contributed by atoms with van der Waals surface area (Å²) in [7, 11) is 0. The molecule has 38 heavy (non-hydrogen) atoms. The summed E-state index contributed by atoms with van der Waals surface area (Å²) < 4.78 is 0. The Kier molecular flexibility index (Phi) is 12.4. The van der Waals surface area contributed by atoms with Crippen LogP contribution < -0.4 is 21.7 Å². The van der Waals surface area contributed by atoms with Crippen LogP contribution in [-0.2, 0) is 30.4 Å². The number of thiol groups is 1. The van der Waals surface area contributed by atoms with Crippen LogP contribution in [0.5, 0.6) is 0 Å². The number of thioether (sulfide) groups is 1. The van der Waals surface area contributed by atoms with Crippen molar-refractivity contribution in [2.45, 2.75) is 49.9 Å². The van der Waals surface area contributed by atoms with E-state index in [2.05, 4.69) is 33.6 Å². The van der Waals surface area contributed by atoms with Crippen LogP contribution >= 0.6 is 24.4 Å². The molecule has 0 aliphatic heterocycles. The number of carboxylic acid groups (broad SMARTS) is 2. The average molecular weight is 568 g/mol. The quantitative estimate of drug-likeness (QED) is 0.130. The highest BCUT2D eigenvalue weighted by atomic mass is 32.2. The standard InChI is InChI=1S/C24H33N5O7S2/c1-38-9-8-18(24(35)36)28-22(33)17(6-7-20(30)31)27-23(34)19(12-37)29-21(32)15(25)10-13-11-26-16-5-3-2-4-14(13)16/h2-5,11,15,17-19,26,37H,6-10,12,25H2,1H3,(H,27,34)(H,28,33)(H,29,32)(H,30,31)(H,35,36). The molecule has 208 valence electrons. The number of fused-ring (bicyclic) bond motifs is 1. The first-order valence-electron chi connectivity index (χ1n) is 11.8. The van der Waals surface area contributed by atoms with Gasteiger partial charge >= 0.3 is 11.9 Å². The number of aliphatic carboxylic acids is 2. The van der Waals surface area contributed by atoms with Crippen molar-refractivity contribution in [3.63, 3.8) is 0 Å². The van der Waals surface area contributed by atoms with Crippen LogP contribution in [0.1, 0.15) is 24.8 Å². The molecule has 1 heterocycles. The van der Waals surface area contributed by atoms with Gasteiger partial charge in [-0.05, 0) is 42.9 Å². The number of aromatic nitrogens is 1. The molecule has 4 unspecified atom stereocenters. The number of carboxylic acids is 2. The molecule has 1 aromatic heterocycles. The smallest absolute Gasteiger partial charge is 0.326 e. The number of aromatic amines is 1. The van der Waals surface area contributed by atoms with Gasteiger partial charge in [0.05, 0.1) is 6.04 Å². The lowest BCUT2D eigenvalue weighted by Crippen LogP contribution is -2.57. The van der Waals surface area contributed by atoms with E-state index in [9.17, 15) is 29.1 Å². The van der Waals surface area contributed by atoms with Crippen LogP contribution in [0.2, 0.25) is 0 Å². The molecule has 14 heteroatoms. The van der Waals surface area contributed by atoms with Gasteiger partial charge in [-0.25, -0.2) is 4.79 Å². The molecule has 2 aromatic rings. The summed E-state index contributed by atoms with van der Waals surface area (Å²) in [5.41, 5.74) is 7.81. The van der Waals surface area contributed by atoms with Gasteiger partial charge in [0.15, 0.2) is 0 Å². The van der Waals surface area contributed by atoms with Gasteiger partial charge in [-0.2, -0.15) is 24.4 Å². The van der Waals surface area contributed by atoms with E-state index in [1.165, 1.54) is 11.8 Å². The number of hydrogen-bond donors (Lipinski definition) is 8. The van der Waals surface area contributed by atoms with E-state index in [0.717, 1.165) is 16.5 Å². The molecule has 3 amide bonds. The maximum atomic E-state index is 12.9. The summed E-state index contributed by atoms with van der Waals surface area (Å²) in [6.07, 6.45) is 3.16. The van der Waals surface area contributed by atoms with Gasteiger partial charge in [-0.3, -0.25) is 19.2 Å². The second-order valence-corrected chi connectivity index (χ2v) is 9.94. The van der Waals surface area contributed by atoms with Crippen LogP contribution in [0.4, 0.5) is 0 Å². The van der Waals surface area contributed by atoms with Crippen LogP contribution in [0.25, 0.3) is 10.9 Å². The van der Waals surface area contributed by atoms with E-state index >= 15 is 0 Å². The second-order valence-electron chi connectivity index (χ2n) is 8.59. The minimum atomic E-state index is -1.34. The number of carbonyl (C=O) groups excluding carboxylic acids is 3. The van der Waals surface area contributed by atoms with Gasteiger partial charge in [0.2, 0.25) is 17.7 Å². The third kappa shape index (κ3) is 9.26. The van der Waals surface area contributed by atoms with Crippen molar-refractivity contribution in [3.8, 4) is 0 Å². The average Bonchev–Trinajstić information content (AvgIpc) is 3.29. The molecule has 0 saturated carbocycles. The van der Waals surface area contributed by atoms with Gasteiger partial charge in [0.25, 0.3) is 0 Å². The Morgan fingerprint density at radius 1 is 0.974 bits per heavy atom. The third-order valence-corrected chi connectivity index (χ3v) is 6.78. The molecule has 0 spiro atoms. The molecule has 8 N–H and O–H groups in total. The topological polar surface area (TPSA) is 204 Å². The highest BCUT2D eigenvalue weighted by Gasteiger charge is 2.30. The fourth-order valence-corrected chi connectivity index (χ4v) is 4.41. The lowest BCUT2D eigenvalue weighted by molar-refractivity contribution is -0.143. The van der Waals surface area contributed by atoms with Crippen molar-refractivity contribution in [3.05, 3.63) is 36.0 Å². The van der Waals surface area contributed by atoms with Crippen molar-refractivity contribution < 1.29 is 34.2 Å². The van der Waals surface area contributed by atoms with Crippen LogP contribution in [-0.4, -0.2) is 86.8 Å². The van der Waals surface area contributed by atoms with E-state index in [1.807, 2.05) is 24.3 Å². The van der Waals surface area contributed by atoms with Gasteiger partial charge in [-0.1, -0.05) is 18.2 Å². The number of carbonyl (C=O) groups is 5. The number of amides is 3. The first kappa shape index (κ1) is 31.0. The highest BCUT2D eigenvalue weighted by molar-refractivity contribution is 7.98. The zero-order chi connectivity index (χ0) is 28.2. The summed E-state index contributed by atoms with van der Waals surface area (Å²) >= 11 is 5.52. The number of benzene rings is 1. The van der Waals surface area contributed by atoms with Crippen molar-refractivity contribution in [1.82, 2.24) is 20.9 Å². The predicted octanol–water partition coefficient (Wildman–Crippen LogP) is 0.124. The Hall–Kier alpha value is -3.23. The van der Waals surface area contributed by atoms with Crippen molar-refractivity contribution in [2.24, 2.45) is 5.73 Å². The fraction of sp³-hybridized carbons (Fsp3) is 0.458. The SMILES string of the molecule is CSCCC(NC(=O)C(CCC(=O)O)NC(=O)C(CS)NC(=O)C(N)Cc1c[nH]c2ccccc12)C(=O)O. The summed E-state index contributed by atoms with van der Waals surface area (Å²) in [4.78, 5) is 64.1. The molecular formula is C24H33N5O7S2. The second kappa shape index (κ2) is 15.2. The molecule has 0 fully saturated rings. The fourth-order valence-electron chi connectivity index (χ4n) is 3.68. The van der Waals surface area contributed by atoms with E-state index in [4.69, 9.17) is 10.8 Å². The zero-order valence-electron chi connectivity index (χ0n) is 20.8. The first-order valence-corrected chi connectivity index (χ1v) is 13.9. The Morgan fingerprint density at radius 3 is 2.24 bits per heavy atom. The molecule has 1 aromatic carbocycles. The number of nitrogens with two attached hydrogens (primary N) is 1. The van der Waals surface area contributed by atoms with Crippen molar-refractivity contribution in [2.75, 3.05) is 17.8 Å². The van der Waals surface area contributed by atoms with Gasteiger partial charge in [0, 0.05) is 29.3 Å². The molecule has 0 radical (unpaired) electrons. The summed E-state index contributed by atoms with van der Waals surface area (Å²) in [6.45, 7) is 0. The highest BCUT2D eigenvalue weighted by Crippen LogP contribution is 2.18. The first-order chi connectivity index (χ1) is 18.1. The van der Waals surface area contributed by atoms with Crippen molar-refractivity contribution >= 4 is 65.0 Å². The lowest BCUT2D eigenvalue weighted by atomic mass is 10.0. The molecule has 2 rings (SSSR count). The summed E-state index contributed by atoms with van der Waals surface area (Å²) in [5, 5.41) is 26.6. The van der Waals surface area contributed by atoms with E-state index < -0.39 is 60.2 Å². The van der Waals surface area contributed by atoms with Gasteiger partial charge < -0.3 is 36.9 Å². The molecule has 0 saturated heterocycles. The molecule has 0 aliphatic carbocycles. The Morgan fingerprint density at radius 2 is 1.61 bits per heavy atom. The van der Waals surface area contributed by atoms with Crippen LogP contribution in [0, 0.1) is 0 Å². The number of para-hydroxylation sites is 1. The molecular weight excluding hydrogens is 534 g/mol. The number of hydrogen-bond acceptors (Lipinski definition) is 8. The summed E-state index contributed by atoms with van der Waals surface area (Å²) in [6, 6.07) is 2.83. The number of rotatable bonds is 16. The van der Waals surface area contributed by atoms with Gasteiger partial charge in [-0.15, -0.1) is 0 Å². The van der Waals surface area contributed by atoms with Gasteiger partial charge in [0.1, 0.15) is 18.1 Å². The van der Waals surface area contributed by atoms with E-state index in [1.54, 1.807) is 12.5 Å². The number of nitrogens with one attached hydrogen (secondary N) is 4. The normalized spacial score (nSPS) is 14.2. The minimum Gasteiger partial charge on any atom is -0.481 e. The predicted molar refractivity (Wildman–Crippen MR) is 147 cm³/mol. The van der Waals surface area contributed by atoms with E-state index in [0.29, 0.717) is 5.75 Å². The minimum absolute atomic E-state index is 0.129. The maximum absolute atomic E-state index is 12.9. The van der Waals surface area contributed by atoms with Crippen LogP contribution in [0.15, 0.2) is 30.5 Å². The molecule has 12 nitrogen and oxygen atoms in total. The summed E-state index contributed by atoms with van der Waals surface area (Å²) in [5.74, 6) is -4.34. The Labute approximate surface area is 229 Å². The number of H-pyrrole nitrogens is 1. The molecule has 0 bridgehead atoms. The monoisotopic (exact) mass is 567 g/mol. The van der Waals surface area contributed by atoms with Crippen LogP contribution in [0.3, 0.4) is 0 Å². The Bertz CT molecular complexity index is 1140. The Balaban J connectivity index is 2.05. The third-order valence-electron chi connectivity index (χ3n) is 5.77. The van der Waals surface area contributed by atoms with E-state index in [-0.39, 0.29) is 25.0 Å². The molecule has 4 atom stereocenters. The largest absolute Gasteiger partial charge is 0.481 e. The van der Waals surface area contributed by atoms with Crippen molar-refractivity contribution in [1.29, 1.82) is 0 Å². The lowest BCUT2D eigenvalue weighted by Gasteiger charge is -2.24.